The third-order valence-corrected chi connectivity index (χ3v) is 4.62. The number of ether oxygens (including phenoxy) is 1. The number of carbonyl (C=O) groups excluding carboxylic acids is 1. The summed E-state index contributed by atoms with van der Waals surface area (Å²) in [6.45, 7) is 2.05. The van der Waals surface area contributed by atoms with Gasteiger partial charge in [0.2, 0.25) is 0 Å². The van der Waals surface area contributed by atoms with E-state index in [4.69, 9.17) is 14.4 Å². The Morgan fingerprint density at radius 1 is 1.18 bits per heavy atom. The average Bonchev–Trinajstić information content (AvgIpc) is 3.09. The molecule has 2 aromatic rings. The SMILES string of the molecule is CO/N=C(/C(=O)OC)c1cccc(C)c1CO/N=C1\CCc2cc(F)ccc21. The van der Waals surface area contributed by atoms with E-state index in [1.165, 1.54) is 26.4 Å². The Labute approximate surface area is 162 Å². The molecule has 7 heteroatoms. The number of halogens is 1. The number of aryl methyl sites for hydroxylation is 2. The van der Waals surface area contributed by atoms with Crippen LogP contribution >= 0.6 is 0 Å². The fourth-order valence-electron chi connectivity index (χ4n) is 3.21. The van der Waals surface area contributed by atoms with E-state index in [1.54, 1.807) is 12.1 Å². The average molecular weight is 384 g/mol. The number of oxime groups is 2. The van der Waals surface area contributed by atoms with Crippen LogP contribution in [0.5, 0.6) is 0 Å². The lowest BCUT2D eigenvalue weighted by molar-refractivity contribution is -0.132. The Bertz CT molecular complexity index is 953. The smallest absolute Gasteiger partial charge is 0.360 e. The largest absolute Gasteiger partial charge is 0.464 e. The van der Waals surface area contributed by atoms with Crippen LogP contribution in [0.15, 0.2) is 46.7 Å². The van der Waals surface area contributed by atoms with E-state index < -0.39 is 5.97 Å². The summed E-state index contributed by atoms with van der Waals surface area (Å²) in [6.07, 6.45) is 1.43. The Hall–Kier alpha value is -3.22. The van der Waals surface area contributed by atoms with Crippen molar-refractivity contribution in [3.8, 4) is 0 Å². The third-order valence-electron chi connectivity index (χ3n) is 4.62. The van der Waals surface area contributed by atoms with Crippen molar-refractivity contribution in [3.63, 3.8) is 0 Å². The lowest BCUT2D eigenvalue weighted by Crippen LogP contribution is -2.20. The first-order valence-corrected chi connectivity index (χ1v) is 8.81. The maximum Gasteiger partial charge on any atom is 0.360 e. The summed E-state index contributed by atoms with van der Waals surface area (Å²) in [4.78, 5) is 22.5. The van der Waals surface area contributed by atoms with E-state index in [0.717, 1.165) is 34.4 Å². The summed E-state index contributed by atoms with van der Waals surface area (Å²) in [5.74, 6) is -0.856. The van der Waals surface area contributed by atoms with Crippen molar-refractivity contribution in [2.24, 2.45) is 10.3 Å². The third kappa shape index (κ3) is 4.03. The molecule has 0 bridgehead atoms. The van der Waals surface area contributed by atoms with E-state index in [-0.39, 0.29) is 18.1 Å². The van der Waals surface area contributed by atoms with Crippen LogP contribution in [-0.2, 0) is 32.2 Å². The molecule has 3 rings (SSSR count). The van der Waals surface area contributed by atoms with Gasteiger partial charge in [0.25, 0.3) is 0 Å². The molecular weight excluding hydrogens is 363 g/mol. The Kier molecular flexibility index (Phi) is 6.03. The number of hydrogen-bond acceptors (Lipinski definition) is 6. The van der Waals surface area contributed by atoms with Crippen molar-refractivity contribution >= 4 is 17.4 Å². The van der Waals surface area contributed by atoms with Crippen LogP contribution in [-0.4, -0.2) is 31.6 Å². The van der Waals surface area contributed by atoms with Crippen LogP contribution in [0.1, 0.15) is 34.2 Å². The Morgan fingerprint density at radius 2 is 2.00 bits per heavy atom. The zero-order valence-electron chi connectivity index (χ0n) is 16.0. The highest BCUT2D eigenvalue weighted by molar-refractivity contribution is 6.43. The molecule has 0 amide bonds. The molecule has 28 heavy (non-hydrogen) atoms. The summed E-state index contributed by atoms with van der Waals surface area (Å²) in [7, 11) is 2.65. The number of carbonyl (C=O) groups is 1. The van der Waals surface area contributed by atoms with Crippen molar-refractivity contribution in [2.75, 3.05) is 14.2 Å². The molecule has 0 spiro atoms. The van der Waals surface area contributed by atoms with Gasteiger partial charge in [-0.2, -0.15) is 0 Å². The van der Waals surface area contributed by atoms with Gasteiger partial charge >= 0.3 is 5.97 Å². The van der Waals surface area contributed by atoms with Crippen LogP contribution in [0.25, 0.3) is 0 Å². The van der Waals surface area contributed by atoms with E-state index in [9.17, 15) is 9.18 Å². The van der Waals surface area contributed by atoms with E-state index in [2.05, 4.69) is 10.3 Å². The predicted molar refractivity (Wildman–Crippen MR) is 103 cm³/mol. The molecule has 0 radical (unpaired) electrons. The Balaban J connectivity index is 1.84. The molecule has 0 aliphatic heterocycles. The minimum atomic E-state index is -0.605. The molecule has 1 aliphatic rings. The zero-order valence-corrected chi connectivity index (χ0v) is 16.0. The van der Waals surface area contributed by atoms with Crippen molar-refractivity contribution in [1.82, 2.24) is 0 Å². The van der Waals surface area contributed by atoms with Crippen molar-refractivity contribution < 1.29 is 23.6 Å². The lowest BCUT2D eigenvalue weighted by atomic mass is 9.99. The topological polar surface area (TPSA) is 69.5 Å². The summed E-state index contributed by atoms with van der Waals surface area (Å²) in [5, 5.41) is 8.05. The molecule has 0 saturated heterocycles. The van der Waals surface area contributed by atoms with Gasteiger partial charge in [-0.15, -0.1) is 0 Å². The molecule has 2 aromatic carbocycles. The molecular formula is C21H21FN2O4. The molecule has 146 valence electrons. The van der Waals surface area contributed by atoms with Gasteiger partial charge in [0.15, 0.2) is 5.71 Å². The first kappa shape index (κ1) is 19.5. The number of benzene rings is 2. The minimum absolute atomic E-state index is 0.0571. The van der Waals surface area contributed by atoms with Gasteiger partial charge in [0, 0.05) is 16.7 Å². The van der Waals surface area contributed by atoms with E-state index in [0.29, 0.717) is 12.0 Å². The van der Waals surface area contributed by atoms with Crippen LogP contribution in [0, 0.1) is 12.7 Å². The zero-order chi connectivity index (χ0) is 20.1. The molecule has 0 aromatic heterocycles. The summed E-state index contributed by atoms with van der Waals surface area (Å²) >= 11 is 0. The number of hydrogen-bond donors (Lipinski definition) is 0. The van der Waals surface area contributed by atoms with Gasteiger partial charge in [-0.3, -0.25) is 0 Å². The molecule has 0 saturated carbocycles. The molecule has 6 nitrogen and oxygen atoms in total. The molecule has 1 aliphatic carbocycles. The Morgan fingerprint density at radius 3 is 2.75 bits per heavy atom. The number of esters is 1. The van der Waals surface area contributed by atoms with Gasteiger partial charge in [-0.05, 0) is 49.1 Å². The second-order valence-electron chi connectivity index (χ2n) is 6.33. The fraction of sp³-hybridized carbons (Fsp3) is 0.286. The fourth-order valence-corrected chi connectivity index (χ4v) is 3.21. The molecule has 0 heterocycles. The maximum absolute atomic E-state index is 13.4. The molecule has 0 N–H and O–H groups in total. The van der Waals surface area contributed by atoms with Crippen molar-refractivity contribution in [2.45, 2.75) is 26.4 Å². The molecule has 0 unspecified atom stereocenters. The monoisotopic (exact) mass is 384 g/mol. The lowest BCUT2D eigenvalue weighted by Gasteiger charge is -2.12. The predicted octanol–water partition coefficient (Wildman–Crippen LogP) is 3.52. The normalized spacial score (nSPS) is 14.7. The van der Waals surface area contributed by atoms with Crippen LogP contribution in [0.4, 0.5) is 4.39 Å². The second kappa shape index (κ2) is 8.65. The first-order valence-electron chi connectivity index (χ1n) is 8.81. The van der Waals surface area contributed by atoms with Crippen molar-refractivity contribution in [1.29, 1.82) is 0 Å². The van der Waals surface area contributed by atoms with Gasteiger partial charge in [-0.1, -0.05) is 28.5 Å². The van der Waals surface area contributed by atoms with Crippen LogP contribution in [0.2, 0.25) is 0 Å². The van der Waals surface area contributed by atoms with Gasteiger partial charge < -0.3 is 14.4 Å². The highest BCUT2D eigenvalue weighted by Crippen LogP contribution is 2.24. The number of methoxy groups -OCH3 is 1. The van der Waals surface area contributed by atoms with Gasteiger partial charge in [0.05, 0.1) is 12.8 Å². The maximum atomic E-state index is 13.4. The number of fused-ring (bicyclic) bond motifs is 1. The second-order valence-corrected chi connectivity index (χ2v) is 6.33. The molecule has 0 fully saturated rings. The van der Waals surface area contributed by atoms with E-state index >= 15 is 0 Å². The summed E-state index contributed by atoms with van der Waals surface area (Å²) < 4.78 is 18.2. The van der Waals surface area contributed by atoms with E-state index in [1.807, 2.05) is 19.1 Å². The first-order chi connectivity index (χ1) is 13.5. The number of nitrogens with zero attached hydrogens (tertiary/aromatic N) is 2. The quantitative estimate of drug-likeness (QED) is 0.434. The van der Waals surface area contributed by atoms with Gasteiger partial charge in [-0.25, -0.2) is 9.18 Å². The standard InChI is InChI=1S/C21H21FN2O4/c1-13-5-4-6-17(20(24-27-3)21(25)26-2)18(13)12-28-23-19-10-7-14-11-15(22)8-9-16(14)19/h4-6,8-9,11H,7,10,12H2,1-3H3/b23-19+,24-20+. The minimum Gasteiger partial charge on any atom is -0.464 e. The van der Waals surface area contributed by atoms with Crippen molar-refractivity contribution in [3.05, 3.63) is 70.0 Å². The molecule has 0 atom stereocenters. The van der Waals surface area contributed by atoms with Crippen LogP contribution < -0.4 is 0 Å². The number of rotatable bonds is 6. The van der Waals surface area contributed by atoms with Crippen LogP contribution in [0.3, 0.4) is 0 Å². The van der Waals surface area contributed by atoms with Gasteiger partial charge in [0.1, 0.15) is 19.5 Å². The summed E-state index contributed by atoms with van der Waals surface area (Å²) in [6, 6.07) is 10.1. The summed E-state index contributed by atoms with van der Waals surface area (Å²) in [5.41, 5.74) is 4.90. The highest BCUT2D eigenvalue weighted by atomic mass is 19.1. The highest BCUT2D eigenvalue weighted by Gasteiger charge is 2.22.